The number of carbonyl (C=O) groups is 1. The lowest BCUT2D eigenvalue weighted by Gasteiger charge is -2.01. The Kier molecular flexibility index (Phi) is 13.4. The molecule has 0 saturated heterocycles. The van der Waals surface area contributed by atoms with Crippen LogP contribution in [0, 0.1) is 0 Å². The van der Waals surface area contributed by atoms with Crippen molar-refractivity contribution in [2.75, 3.05) is 13.4 Å². The molecule has 3 nitrogen and oxygen atoms in total. The van der Waals surface area contributed by atoms with Crippen molar-refractivity contribution in [2.45, 2.75) is 51.9 Å². The topological polar surface area (TPSA) is 35.5 Å². The van der Waals surface area contributed by atoms with Crippen LogP contribution in [-0.4, -0.2) is 19.7 Å². The van der Waals surface area contributed by atoms with E-state index in [-0.39, 0.29) is 0 Å². The van der Waals surface area contributed by atoms with Gasteiger partial charge in [0.05, 0.1) is 12.9 Å². The van der Waals surface area contributed by atoms with E-state index in [0.29, 0.717) is 13.2 Å². The van der Waals surface area contributed by atoms with E-state index in [0.717, 1.165) is 51.4 Å². The summed E-state index contributed by atoms with van der Waals surface area (Å²) in [5.74, 6) is 0. The van der Waals surface area contributed by atoms with Gasteiger partial charge in [-0.2, -0.15) is 0 Å². The Morgan fingerprint density at radius 3 is 2.62 bits per heavy atom. The molecule has 0 amide bonds. The summed E-state index contributed by atoms with van der Waals surface area (Å²) in [6.45, 7) is 3.26. The zero-order valence-corrected chi connectivity index (χ0v) is 10.3. The van der Waals surface area contributed by atoms with Gasteiger partial charge in [-0.1, -0.05) is 19.8 Å². The minimum Gasteiger partial charge on any atom is -0.475 e. The van der Waals surface area contributed by atoms with Crippen molar-refractivity contribution >= 4 is 6.29 Å². The smallest absolute Gasteiger partial charge is 0.188 e. The Hall–Kier alpha value is -0.830. The second-order valence-corrected chi connectivity index (χ2v) is 3.72. The molecule has 3 heteroatoms. The summed E-state index contributed by atoms with van der Waals surface area (Å²) in [5, 5.41) is 0. The molecule has 0 unspecified atom stereocenters. The van der Waals surface area contributed by atoms with Gasteiger partial charge in [0, 0.05) is 6.42 Å². The van der Waals surface area contributed by atoms with Crippen LogP contribution in [0.15, 0.2) is 12.3 Å². The molecular formula is C13H24O3. The van der Waals surface area contributed by atoms with Gasteiger partial charge >= 0.3 is 0 Å². The molecule has 16 heavy (non-hydrogen) atoms. The minimum atomic E-state index is 0.349. The molecule has 0 saturated carbocycles. The molecule has 0 heterocycles. The molecule has 0 aliphatic heterocycles. The van der Waals surface area contributed by atoms with Crippen LogP contribution in [0.3, 0.4) is 0 Å². The Morgan fingerprint density at radius 1 is 1.06 bits per heavy atom. The number of aldehydes is 1. The van der Waals surface area contributed by atoms with Gasteiger partial charge in [-0.25, -0.2) is 0 Å². The average Bonchev–Trinajstić information content (AvgIpc) is 2.31. The van der Waals surface area contributed by atoms with Crippen LogP contribution in [0.25, 0.3) is 0 Å². The molecule has 94 valence electrons. The molecule has 0 aliphatic carbocycles. The zero-order chi connectivity index (χ0) is 11.9. The summed E-state index contributed by atoms with van der Waals surface area (Å²) in [5.41, 5.74) is 0. The van der Waals surface area contributed by atoms with E-state index in [9.17, 15) is 4.79 Å². The third-order valence-corrected chi connectivity index (χ3v) is 2.18. The second kappa shape index (κ2) is 14.2. The van der Waals surface area contributed by atoms with Gasteiger partial charge in [-0.15, -0.1) is 0 Å². The van der Waals surface area contributed by atoms with Gasteiger partial charge in [0.25, 0.3) is 0 Å². The zero-order valence-electron chi connectivity index (χ0n) is 10.3. The first kappa shape index (κ1) is 15.2. The predicted molar refractivity (Wildman–Crippen MR) is 65.1 cm³/mol. The first-order valence-corrected chi connectivity index (χ1v) is 6.19. The summed E-state index contributed by atoms with van der Waals surface area (Å²) in [6, 6.07) is 0. The molecule has 0 atom stereocenters. The highest BCUT2D eigenvalue weighted by atomic mass is 16.7. The highest BCUT2D eigenvalue weighted by molar-refractivity contribution is 5.48. The minimum absolute atomic E-state index is 0.349. The van der Waals surface area contributed by atoms with Gasteiger partial charge in [0.15, 0.2) is 6.79 Å². The normalized spacial score (nSPS) is 10.8. The number of allylic oxidation sites excluding steroid dienone is 1. The molecule has 0 N–H and O–H groups in total. The second-order valence-electron chi connectivity index (χ2n) is 3.72. The quantitative estimate of drug-likeness (QED) is 0.222. The van der Waals surface area contributed by atoms with E-state index in [1.807, 2.05) is 6.08 Å². The van der Waals surface area contributed by atoms with Crippen LogP contribution in [-0.2, 0) is 14.3 Å². The van der Waals surface area contributed by atoms with Gasteiger partial charge in [-0.3, -0.25) is 0 Å². The lowest BCUT2D eigenvalue weighted by Crippen LogP contribution is -1.97. The van der Waals surface area contributed by atoms with Crippen LogP contribution in [0.5, 0.6) is 0 Å². The lowest BCUT2D eigenvalue weighted by molar-refractivity contribution is -0.107. The van der Waals surface area contributed by atoms with Crippen LogP contribution < -0.4 is 0 Å². The molecule has 0 rings (SSSR count). The van der Waals surface area contributed by atoms with Crippen molar-refractivity contribution < 1.29 is 14.3 Å². The lowest BCUT2D eigenvalue weighted by atomic mass is 10.1. The molecule has 0 fully saturated rings. The van der Waals surface area contributed by atoms with Crippen LogP contribution in [0.1, 0.15) is 51.9 Å². The molecule has 0 aromatic rings. The third-order valence-electron chi connectivity index (χ3n) is 2.18. The number of unbranched alkanes of at least 4 members (excludes halogenated alkanes) is 5. The first-order valence-electron chi connectivity index (χ1n) is 6.19. The fraction of sp³-hybridized carbons (Fsp3) is 0.769. The Labute approximate surface area is 98.8 Å². The van der Waals surface area contributed by atoms with Crippen molar-refractivity contribution in [1.29, 1.82) is 0 Å². The van der Waals surface area contributed by atoms with E-state index >= 15 is 0 Å². The van der Waals surface area contributed by atoms with Crippen LogP contribution >= 0.6 is 0 Å². The Balaban J connectivity index is 3.01. The maximum absolute atomic E-state index is 10.0. The largest absolute Gasteiger partial charge is 0.475 e. The maximum Gasteiger partial charge on any atom is 0.188 e. The van der Waals surface area contributed by atoms with Gasteiger partial charge in [-0.05, 0) is 31.8 Å². The van der Waals surface area contributed by atoms with Crippen molar-refractivity contribution in [3.8, 4) is 0 Å². The van der Waals surface area contributed by atoms with Crippen molar-refractivity contribution in [3.05, 3.63) is 12.3 Å². The molecule has 0 bridgehead atoms. The van der Waals surface area contributed by atoms with E-state index in [1.54, 1.807) is 6.26 Å². The maximum atomic E-state index is 10.0. The summed E-state index contributed by atoms with van der Waals surface area (Å²) < 4.78 is 10.4. The number of carbonyl (C=O) groups excluding carboxylic acids is 1. The van der Waals surface area contributed by atoms with E-state index < -0.39 is 0 Å². The van der Waals surface area contributed by atoms with E-state index in [4.69, 9.17) is 9.47 Å². The average molecular weight is 228 g/mol. The number of ether oxygens (including phenoxy) is 2. The van der Waals surface area contributed by atoms with Gasteiger partial charge < -0.3 is 14.3 Å². The Bertz CT molecular complexity index is 167. The van der Waals surface area contributed by atoms with Crippen molar-refractivity contribution in [1.82, 2.24) is 0 Å². The predicted octanol–water partition coefficient (Wildman–Crippen LogP) is 3.44. The SMILES string of the molecule is CCCCOCOC=CCCCCCC=O. The van der Waals surface area contributed by atoms with Crippen molar-refractivity contribution in [2.24, 2.45) is 0 Å². The number of hydrogen-bond acceptors (Lipinski definition) is 3. The van der Waals surface area contributed by atoms with E-state index in [2.05, 4.69) is 6.92 Å². The molecule has 0 aliphatic rings. The highest BCUT2D eigenvalue weighted by Crippen LogP contribution is 2.02. The van der Waals surface area contributed by atoms with Gasteiger partial charge in [0.1, 0.15) is 6.29 Å². The van der Waals surface area contributed by atoms with E-state index in [1.165, 1.54) is 0 Å². The molecule has 0 spiro atoms. The van der Waals surface area contributed by atoms with Crippen LogP contribution in [0.2, 0.25) is 0 Å². The monoisotopic (exact) mass is 228 g/mol. The Morgan fingerprint density at radius 2 is 1.88 bits per heavy atom. The number of rotatable bonds is 12. The molecule has 0 radical (unpaired) electrons. The highest BCUT2D eigenvalue weighted by Gasteiger charge is 1.87. The van der Waals surface area contributed by atoms with Crippen LogP contribution in [0.4, 0.5) is 0 Å². The summed E-state index contributed by atoms with van der Waals surface area (Å²) >= 11 is 0. The van der Waals surface area contributed by atoms with Gasteiger partial charge in [0.2, 0.25) is 0 Å². The summed E-state index contributed by atoms with van der Waals surface area (Å²) in [7, 11) is 0. The summed E-state index contributed by atoms with van der Waals surface area (Å²) in [4.78, 5) is 10.0. The molecule has 0 aromatic heterocycles. The molecular weight excluding hydrogens is 204 g/mol. The summed E-state index contributed by atoms with van der Waals surface area (Å²) in [6.07, 6.45) is 11.8. The first-order chi connectivity index (χ1) is 7.91. The number of hydrogen-bond donors (Lipinski definition) is 0. The third kappa shape index (κ3) is 13.2. The fourth-order valence-corrected chi connectivity index (χ4v) is 1.20. The standard InChI is InChI=1S/C13H24O3/c1-2-3-11-15-13-16-12-9-7-5-4-6-8-10-14/h9-10,12H,2-8,11,13H2,1H3. The fourth-order valence-electron chi connectivity index (χ4n) is 1.20. The molecule has 0 aromatic carbocycles. The van der Waals surface area contributed by atoms with Crippen molar-refractivity contribution in [3.63, 3.8) is 0 Å².